The molecule has 0 saturated heterocycles. The van der Waals surface area contributed by atoms with Crippen molar-refractivity contribution in [3.05, 3.63) is 50.9 Å². The second kappa shape index (κ2) is 4.37. The first-order chi connectivity index (χ1) is 8.52. The average Bonchev–Trinajstić information content (AvgIpc) is 2.30. The van der Waals surface area contributed by atoms with Gasteiger partial charge in [-0.1, -0.05) is 17.7 Å². The summed E-state index contributed by atoms with van der Waals surface area (Å²) in [7, 11) is 0. The minimum absolute atomic E-state index is 0.0549. The molecule has 0 radical (unpaired) electrons. The van der Waals surface area contributed by atoms with Gasteiger partial charge in [0, 0.05) is 10.5 Å². The predicted octanol–water partition coefficient (Wildman–Crippen LogP) is 1.44. The smallest absolute Gasteiger partial charge is 0.215 e. The second-order valence-corrected chi connectivity index (χ2v) is 4.10. The first-order valence-electron chi connectivity index (χ1n) is 5.33. The van der Waals surface area contributed by atoms with Gasteiger partial charge in [-0.2, -0.15) is 5.26 Å². The van der Waals surface area contributed by atoms with Gasteiger partial charge >= 0.3 is 0 Å². The molecule has 0 fully saturated rings. The first kappa shape index (κ1) is 11.9. The largest absolute Gasteiger partial charge is 0.440 e. The minimum Gasteiger partial charge on any atom is -0.440 e. The number of aryl methyl sites for hydroxylation is 1. The first-order valence-corrected chi connectivity index (χ1v) is 5.33. The van der Waals surface area contributed by atoms with Gasteiger partial charge in [-0.05, 0) is 13.0 Å². The van der Waals surface area contributed by atoms with Crippen molar-refractivity contribution in [2.45, 2.75) is 12.8 Å². The van der Waals surface area contributed by atoms with Crippen LogP contribution in [0, 0.1) is 28.4 Å². The molecule has 6 nitrogen and oxygen atoms in total. The van der Waals surface area contributed by atoms with E-state index >= 15 is 0 Å². The van der Waals surface area contributed by atoms with E-state index in [0.717, 1.165) is 5.56 Å². The number of hydrogen-bond donors (Lipinski definition) is 1. The topological polar surface area (TPSA) is 102 Å². The van der Waals surface area contributed by atoms with Crippen molar-refractivity contribution in [3.8, 4) is 11.8 Å². The van der Waals surface area contributed by atoms with Gasteiger partial charge in [-0.15, -0.1) is 0 Å². The van der Waals surface area contributed by atoms with E-state index in [2.05, 4.69) is 0 Å². The Morgan fingerprint density at radius 1 is 1.61 bits per heavy atom. The lowest BCUT2D eigenvalue weighted by Crippen LogP contribution is -2.24. The van der Waals surface area contributed by atoms with E-state index in [0.29, 0.717) is 11.3 Å². The zero-order valence-corrected chi connectivity index (χ0v) is 9.71. The zero-order valence-electron chi connectivity index (χ0n) is 9.71. The van der Waals surface area contributed by atoms with Gasteiger partial charge in [0.1, 0.15) is 17.4 Å². The zero-order chi connectivity index (χ0) is 13.3. The van der Waals surface area contributed by atoms with Crippen LogP contribution in [0.5, 0.6) is 5.75 Å². The molecule has 1 aliphatic rings. The van der Waals surface area contributed by atoms with Crippen LogP contribution >= 0.6 is 0 Å². The fourth-order valence-corrected chi connectivity index (χ4v) is 2.01. The summed E-state index contributed by atoms with van der Waals surface area (Å²) in [6, 6.07) is 7.21. The predicted molar refractivity (Wildman–Crippen MR) is 63.2 cm³/mol. The standard InChI is InChI=1S/C12H11N3O3/c1-7-2-3-11-8(4-7)10(6-15(16)17)9(5-13)12(14)18-11/h2-4,10H,6,14H2,1H3/t10-/m0/s1. The number of rotatable bonds is 2. The third kappa shape index (κ3) is 1.98. The van der Waals surface area contributed by atoms with E-state index in [4.69, 9.17) is 15.7 Å². The Balaban J connectivity index is 2.55. The number of nitrogens with zero attached hydrogens (tertiary/aromatic N) is 2. The lowest BCUT2D eigenvalue weighted by Gasteiger charge is -2.23. The van der Waals surface area contributed by atoms with Crippen molar-refractivity contribution in [2.24, 2.45) is 5.73 Å². The SMILES string of the molecule is Cc1ccc2c(c1)[C@H](C[N+](=O)[O-])C(C#N)=C(N)O2. The van der Waals surface area contributed by atoms with Crippen molar-refractivity contribution in [1.29, 1.82) is 5.26 Å². The molecule has 0 unspecified atom stereocenters. The summed E-state index contributed by atoms with van der Waals surface area (Å²) < 4.78 is 5.31. The highest BCUT2D eigenvalue weighted by molar-refractivity contribution is 5.50. The van der Waals surface area contributed by atoms with Crippen LogP contribution in [-0.2, 0) is 0 Å². The van der Waals surface area contributed by atoms with Crippen molar-refractivity contribution in [2.75, 3.05) is 6.54 Å². The number of nitro groups is 1. The molecule has 1 aromatic rings. The highest BCUT2D eigenvalue weighted by atomic mass is 16.6. The normalized spacial score (nSPS) is 17.7. The molecule has 0 bridgehead atoms. The van der Waals surface area contributed by atoms with Gasteiger partial charge in [0.25, 0.3) is 0 Å². The molecular weight excluding hydrogens is 234 g/mol. The molecule has 1 atom stereocenters. The quantitative estimate of drug-likeness (QED) is 0.627. The van der Waals surface area contributed by atoms with E-state index < -0.39 is 10.8 Å². The van der Waals surface area contributed by atoms with Crippen LogP contribution in [0.2, 0.25) is 0 Å². The van der Waals surface area contributed by atoms with Gasteiger partial charge in [-0.3, -0.25) is 10.1 Å². The average molecular weight is 245 g/mol. The van der Waals surface area contributed by atoms with Crippen LogP contribution in [0.15, 0.2) is 29.7 Å². The molecule has 0 spiro atoms. The third-order valence-corrected chi connectivity index (χ3v) is 2.83. The molecule has 92 valence electrons. The summed E-state index contributed by atoms with van der Waals surface area (Å²) in [5.74, 6) is -0.224. The lowest BCUT2D eigenvalue weighted by molar-refractivity contribution is -0.482. The summed E-state index contributed by atoms with van der Waals surface area (Å²) in [4.78, 5) is 10.3. The van der Waals surface area contributed by atoms with Crippen LogP contribution in [-0.4, -0.2) is 11.5 Å². The van der Waals surface area contributed by atoms with Gasteiger partial charge in [0.05, 0.1) is 5.92 Å². The van der Waals surface area contributed by atoms with Gasteiger partial charge in [0.15, 0.2) is 0 Å². The summed E-state index contributed by atoms with van der Waals surface area (Å²) >= 11 is 0. The van der Waals surface area contributed by atoms with E-state index in [9.17, 15) is 10.1 Å². The summed E-state index contributed by atoms with van der Waals surface area (Å²) in [6.45, 7) is 1.50. The van der Waals surface area contributed by atoms with Crippen molar-refractivity contribution >= 4 is 0 Å². The number of nitrogens with two attached hydrogens (primary N) is 1. The summed E-state index contributed by atoms with van der Waals surface area (Å²) in [5.41, 5.74) is 7.32. The molecule has 2 N–H and O–H groups in total. The van der Waals surface area contributed by atoms with Crippen molar-refractivity contribution in [3.63, 3.8) is 0 Å². The van der Waals surface area contributed by atoms with Crippen molar-refractivity contribution < 1.29 is 9.66 Å². The van der Waals surface area contributed by atoms with E-state index in [1.54, 1.807) is 12.1 Å². The number of ether oxygens (including phenoxy) is 1. The second-order valence-electron chi connectivity index (χ2n) is 4.10. The van der Waals surface area contributed by atoms with Gasteiger partial charge in [-0.25, -0.2) is 0 Å². The van der Waals surface area contributed by atoms with Crippen LogP contribution in [0.25, 0.3) is 0 Å². The monoisotopic (exact) mass is 245 g/mol. The molecule has 0 saturated carbocycles. The molecular formula is C12H11N3O3. The van der Waals surface area contributed by atoms with Gasteiger partial charge < -0.3 is 10.5 Å². The van der Waals surface area contributed by atoms with Crippen LogP contribution in [0.3, 0.4) is 0 Å². The molecule has 1 aromatic carbocycles. The third-order valence-electron chi connectivity index (χ3n) is 2.83. The van der Waals surface area contributed by atoms with E-state index in [1.165, 1.54) is 0 Å². The molecule has 1 aliphatic heterocycles. The Hall–Kier alpha value is -2.55. The van der Waals surface area contributed by atoms with Crippen LogP contribution < -0.4 is 10.5 Å². The fraction of sp³-hybridized carbons (Fsp3) is 0.250. The van der Waals surface area contributed by atoms with E-state index in [-0.39, 0.29) is 18.0 Å². The Kier molecular flexibility index (Phi) is 2.90. The van der Waals surface area contributed by atoms with E-state index in [1.807, 2.05) is 19.1 Å². The van der Waals surface area contributed by atoms with Crippen LogP contribution in [0.4, 0.5) is 0 Å². The number of fused-ring (bicyclic) bond motifs is 1. The van der Waals surface area contributed by atoms with Crippen LogP contribution in [0.1, 0.15) is 17.0 Å². The summed E-state index contributed by atoms with van der Waals surface area (Å²) in [6.07, 6.45) is 0. The highest BCUT2D eigenvalue weighted by Crippen LogP contribution is 2.38. The Labute approximate surface area is 103 Å². The Morgan fingerprint density at radius 3 is 2.94 bits per heavy atom. The fourth-order valence-electron chi connectivity index (χ4n) is 2.01. The maximum absolute atomic E-state index is 10.7. The Bertz CT molecular complexity index is 587. The van der Waals surface area contributed by atoms with Crippen molar-refractivity contribution in [1.82, 2.24) is 0 Å². The summed E-state index contributed by atoms with van der Waals surface area (Å²) in [5, 5.41) is 19.8. The number of hydrogen-bond acceptors (Lipinski definition) is 5. The maximum Gasteiger partial charge on any atom is 0.215 e. The molecule has 1 heterocycles. The molecule has 0 amide bonds. The Morgan fingerprint density at radius 2 is 2.33 bits per heavy atom. The van der Waals surface area contributed by atoms with Gasteiger partial charge in [0.2, 0.25) is 12.4 Å². The minimum atomic E-state index is -0.645. The lowest BCUT2D eigenvalue weighted by atomic mass is 9.88. The molecule has 6 heteroatoms. The maximum atomic E-state index is 10.7. The molecule has 18 heavy (non-hydrogen) atoms. The molecule has 2 rings (SSSR count). The number of benzene rings is 1. The highest BCUT2D eigenvalue weighted by Gasteiger charge is 2.32. The number of nitriles is 1. The molecule has 0 aliphatic carbocycles. The molecule has 0 aromatic heterocycles.